The molecule has 0 bridgehead atoms. The largest absolute Gasteiger partial charge is 0.469 e. The fourth-order valence-electron chi connectivity index (χ4n) is 8.08. The van der Waals surface area contributed by atoms with E-state index in [9.17, 15) is 38.4 Å². The zero-order valence-electron chi connectivity index (χ0n) is 56.3. The van der Waals surface area contributed by atoms with Crippen molar-refractivity contribution in [2.75, 3.05) is 99.0 Å². The van der Waals surface area contributed by atoms with Crippen LogP contribution in [-0.2, 0) is 73.2 Å². The summed E-state index contributed by atoms with van der Waals surface area (Å²) >= 11 is 0. The van der Waals surface area contributed by atoms with Crippen molar-refractivity contribution in [1.82, 2.24) is 0 Å². The van der Waals surface area contributed by atoms with Gasteiger partial charge in [0.05, 0.1) is 66.7 Å². The standard InChI is InChI=1S/C23H30N2O4.C19H22N2O6.C18H27NO4.C12H15NO4/c1-3-5-15-28-22(26)24-20-11-7-18(8-12-20)17-19-9-13-21(14-10-19)25-23(27)29-16-6-4-2;22-9-11-26-18(24)20-16-5-1-14(2-6-16)13-15-3-7-17(8-4-15)21-19(25)27-12-10-23;1-4-6-10-22-17(20)13-15-12-16(9-8-14(15)3)19-18(21)23-11-7-5-2;1-8-4-5-10(13-12(15)17-3)6-9(8)7-11(14)16-2/h7-14H,3-6,15-17H2,1-2H3,(H,24,26)(H,25,27);1-8,22-23H,9-13H2,(H,20,24)(H,21,25);8-9,12H,4-7,10-11,13H2,1-3H3,(H,19,21);4-6H,7H2,1-3H3,(H,13,15). The highest BCUT2D eigenvalue weighted by Crippen LogP contribution is 2.21. The first-order chi connectivity index (χ1) is 46.3. The lowest BCUT2D eigenvalue weighted by Gasteiger charge is -2.10. The number of methoxy groups -OCH3 is 2. The van der Waals surface area contributed by atoms with E-state index in [0.717, 1.165) is 102 Å². The molecule has 0 heterocycles. The van der Waals surface area contributed by atoms with Crippen molar-refractivity contribution in [3.8, 4) is 0 Å². The van der Waals surface area contributed by atoms with Gasteiger partial charge in [-0.1, -0.05) is 114 Å². The topological polar surface area (TPSA) is 323 Å². The van der Waals surface area contributed by atoms with Crippen molar-refractivity contribution in [2.45, 2.75) is 119 Å². The van der Waals surface area contributed by atoms with Gasteiger partial charge in [-0.3, -0.25) is 41.5 Å². The Morgan fingerprint density at radius 1 is 0.323 bits per heavy atom. The number of carbonyl (C=O) groups excluding carboxylic acids is 8. The van der Waals surface area contributed by atoms with E-state index < -0.39 is 36.6 Å². The Balaban J connectivity index is 0.000000339. The smallest absolute Gasteiger partial charge is 0.411 e. The Labute approximate surface area is 562 Å². The molecular weight excluding hydrogens is 1240 g/mol. The molecule has 0 spiro atoms. The average molecular weight is 1330 g/mol. The normalized spacial score (nSPS) is 10.1. The number of unbranched alkanes of at least 4 members (excludes halogenated alkanes) is 4. The van der Waals surface area contributed by atoms with Crippen molar-refractivity contribution in [2.24, 2.45) is 0 Å². The van der Waals surface area contributed by atoms with E-state index in [1.165, 1.54) is 14.2 Å². The molecule has 8 N–H and O–H groups in total. The van der Waals surface area contributed by atoms with E-state index in [2.05, 4.69) is 41.4 Å². The average Bonchev–Trinajstić information content (AvgIpc) is 1.07. The predicted octanol–water partition coefficient (Wildman–Crippen LogP) is 14.5. The molecule has 0 aliphatic rings. The minimum Gasteiger partial charge on any atom is -0.469 e. The Morgan fingerprint density at radius 2 is 0.583 bits per heavy atom. The van der Waals surface area contributed by atoms with Crippen molar-refractivity contribution in [3.63, 3.8) is 0 Å². The number of ether oxygens (including phenoxy) is 8. The van der Waals surface area contributed by atoms with Crippen LogP contribution < -0.4 is 31.9 Å². The third-order valence-corrected chi connectivity index (χ3v) is 13.5. The predicted molar refractivity (Wildman–Crippen MR) is 369 cm³/mol. The first kappa shape index (κ1) is 80.0. The van der Waals surface area contributed by atoms with Crippen LogP contribution in [0.4, 0.5) is 62.9 Å². The van der Waals surface area contributed by atoms with Gasteiger partial charge in [0, 0.05) is 34.1 Å². The molecule has 0 fully saturated rings. The van der Waals surface area contributed by atoms with Gasteiger partial charge in [0.2, 0.25) is 0 Å². The molecule has 0 saturated heterocycles. The van der Waals surface area contributed by atoms with E-state index in [0.29, 0.717) is 67.0 Å². The molecule has 96 heavy (non-hydrogen) atoms. The first-order valence-electron chi connectivity index (χ1n) is 31.9. The fourth-order valence-corrected chi connectivity index (χ4v) is 8.08. The number of rotatable bonds is 30. The van der Waals surface area contributed by atoms with E-state index in [1.807, 2.05) is 126 Å². The molecule has 0 aliphatic heterocycles. The van der Waals surface area contributed by atoms with Crippen LogP contribution in [0.5, 0.6) is 0 Å². The zero-order chi connectivity index (χ0) is 70.3. The van der Waals surface area contributed by atoms with Gasteiger partial charge in [-0.15, -0.1) is 0 Å². The van der Waals surface area contributed by atoms with Crippen LogP contribution in [0.3, 0.4) is 0 Å². The SMILES string of the molecule is CCCCOC(=O)Cc1cc(NC(=O)OCCCC)ccc1C.CCCCOC(=O)Nc1ccc(Cc2ccc(NC(=O)OCCCC)cc2)cc1.COC(=O)Cc1cc(NC(=O)OC)ccc1C.O=C(Nc1ccc(Cc2ccc(NC(=O)OCCO)cc2)cc1)OCCO. The highest BCUT2D eigenvalue weighted by molar-refractivity contribution is 5.88. The molecule has 0 aliphatic carbocycles. The van der Waals surface area contributed by atoms with Gasteiger partial charge >= 0.3 is 48.5 Å². The number of anilines is 6. The lowest BCUT2D eigenvalue weighted by Crippen LogP contribution is -2.15. The van der Waals surface area contributed by atoms with Crippen LogP contribution in [0.2, 0.25) is 0 Å². The Hall–Kier alpha value is -10.2. The number of carbonyl (C=O) groups is 8. The van der Waals surface area contributed by atoms with Crippen molar-refractivity contribution in [1.29, 1.82) is 0 Å². The number of aliphatic hydroxyl groups is 2. The third kappa shape index (κ3) is 35.2. The molecule has 6 amide bonds. The Bertz CT molecular complexity index is 3160. The summed E-state index contributed by atoms with van der Waals surface area (Å²) in [6.07, 6.45) is 6.10. The van der Waals surface area contributed by atoms with Gasteiger partial charge in [-0.25, -0.2) is 28.8 Å². The van der Waals surface area contributed by atoms with Crippen molar-refractivity contribution in [3.05, 3.63) is 178 Å². The number of esters is 2. The summed E-state index contributed by atoms with van der Waals surface area (Å²) in [6, 6.07) is 40.7. The van der Waals surface area contributed by atoms with E-state index >= 15 is 0 Å². The Morgan fingerprint density at radius 3 is 0.865 bits per heavy atom. The van der Waals surface area contributed by atoms with Gasteiger partial charge in [-0.05, 0) is 170 Å². The van der Waals surface area contributed by atoms with Crippen LogP contribution in [0.15, 0.2) is 133 Å². The number of nitrogens with one attached hydrogen (secondary N) is 6. The van der Waals surface area contributed by atoms with Gasteiger partial charge < -0.3 is 48.1 Å². The molecule has 0 unspecified atom stereocenters. The first-order valence-corrected chi connectivity index (χ1v) is 31.9. The number of amides is 6. The summed E-state index contributed by atoms with van der Waals surface area (Å²) in [5.74, 6) is -0.562. The number of aryl methyl sites for hydroxylation is 2. The zero-order valence-corrected chi connectivity index (χ0v) is 56.3. The van der Waals surface area contributed by atoms with E-state index in [4.69, 9.17) is 38.6 Å². The van der Waals surface area contributed by atoms with Gasteiger partial charge in [0.25, 0.3) is 0 Å². The summed E-state index contributed by atoms with van der Waals surface area (Å²) in [7, 11) is 2.63. The van der Waals surface area contributed by atoms with Crippen LogP contribution >= 0.6 is 0 Å². The molecule has 520 valence electrons. The lowest BCUT2D eigenvalue weighted by atomic mass is 10.0. The summed E-state index contributed by atoms with van der Waals surface area (Å²) in [5.41, 5.74) is 11.8. The van der Waals surface area contributed by atoms with Crippen molar-refractivity contribution >= 4 is 82.6 Å². The van der Waals surface area contributed by atoms with E-state index in [1.54, 1.807) is 48.5 Å². The van der Waals surface area contributed by atoms with Crippen LogP contribution in [0.1, 0.15) is 124 Å². The number of hydrogen-bond acceptors (Lipinski definition) is 18. The molecule has 24 heteroatoms. The lowest BCUT2D eigenvalue weighted by molar-refractivity contribution is -0.143. The maximum Gasteiger partial charge on any atom is 0.411 e. The summed E-state index contributed by atoms with van der Waals surface area (Å²) in [4.78, 5) is 91.9. The molecule has 0 saturated carbocycles. The number of hydrogen-bond donors (Lipinski definition) is 8. The molecule has 0 aromatic heterocycles. The van der Waals surface area contributed by atoms with Gasteiger partial charge in [-0.2, -0.15) is 0 Å². The monoisotopic (exact) mass is 1330 g/mol. The highest BCUT2D eigenvalue weighted by Gasteiger charge is 2.13. The fraction of sp³-hybridized carbons (Fsp3) is 0.389. The maximum atomic E-state index is 11.8. The third-order valence-electron chi connectivity index (χ3n) is 13.5. The summed E-state index contributed by atoms with van der Waals surface area (Å²) in [6.45, 7) is 13.2. The van der Waals surface area contributed by atoms with Crippen LogP contribution in [-0.4, -0.2) is 126 Å². The highest BCUT2D eigenvalue weighted by atomic mass is 16.6. The second-order valence-corrected chi connectivity index (χ2v) is 21.4. The van der Waals surface area contributed by atoms with Gasteiger partial charge in [0.1, 0.15) is 13.2 Å². The molecule has 6 rings (SSSR count). The van der Waals surface area contributed by atoms with Gasteiger partial charge in [0.15, 0.2) is 0 Å². The molecular formula is C72H94N6O18. The second kappa shape index (κ2) is 47.6. The minimum absolute atomic E-state index is 0.0477. The van der Waals surface area contributed by atoms with Crippen molar-refractivity contribution < 1.29 is 86.5 Å². The van der Waals surface area contributed by atoms with E-state index in [-0.39, 0.29) is 51.2 Å². The maximum absolute atomic E-state index is 11.8. The van der Waals surface area contributed by atoms with Crippen LogP contribution in [0.25, 0.3) is 0 Å². The minimum atomic E-state index is -0.614. The Kier molecular flexibility index (Phi) is 39.7. The molecule has 0 atom stereocenters. The summed E-state index contributed by atoms with van der Waals surface area (Å²) in [5, 5.41) is 33.0. The van der Waals surface area contributed by atoms with Crippen LogP contribution in [0, 0.1) is 13.8 Å². The number of benzene rings is 6. The number of aliphatic hydroxyl groups excluding tert-OH is 2. The molecule has 0 radical (unpaired) electrons. The molecule has 6 aromatic carbocycles. The summed E-state index contributed by atoms with van der Waals surface area (Å²) < 4.78 is 39.0. The molecule has 6 aromatic rings. The quantitative estimate of drug-likeness (QED) is 0.0118. The second-order valence-electron chi connectivity index (χ2n) is 21.4. The molecule has 24 nitrogen and oxygen atoms in total.